The molecule has 0 saturated heterocycles. The van der Waals surface area contributed by atoms with Gasteiger partial charge in [0.15, 0.2) is 21.3 Å². The predicted molar refractivity (Wildman–Crippen MR) is 101 cm³/mol. The molecule has 1 aliphatic carbocycles. The van der Waals surface area contributed by atoms with E-state index in [9.17, 15) is 21.6 Å². The standard InChI is InChI=1S/C19H16F3N5O2S/c1-3-30(28,29)15-6-12(19(20,21)22)9-24-16(15)18-26-14-5-11(13-4-10(13)7-23)8-25-17(14)27(18)2/h5-6,8-10,13H,3-4H2,1-2H3. The summed E-state index contributed by atoms with van der Waals surface area (Å²) in [6.07, 6.45) is -1.75. The summed E-state index contributed by atoms with van der Waals surface area (Å²) < 4.78 is 66.0. The van der Waals surface area contributed by atoms with E-state index in [0.717, 1.165) is 12.0 Å². The van der Waals surface area contributed by atoms with E-state index in [-0.39, 0.29) is 29.1 Å². The molecule has 3 aromatic rings. The van der Waals surface area contributed by atoms with E-state index in [4.69, 9.17) is 5.26 Å². The lowest BCUT2D eigenvalue weighted by molar-refractivity contribution is -0.138. The zero-order valence-electron chi connectivity index (χ0n) is 16.0. The minimum atomic E-state index is -4.73. The number of hydrogen-bond acceptors (Lipinski definition) is 6. The number of pyridine rings is 2. The number of fused-ring (bicyclic) bond motifs is 1. The molecule has 2 atom stereocenters. The summed E-state index contributed by atoms with van der Waals surface area (Å²) in [5.41, 5.74) is 0.432. The number of aryl methyl sites for hydroxylation is 1. The normalized spacial score (nSPS) is 19.1. The van der Waals surface area contributed by atoms with Crippen LogP contribution in [0.1, 0.15) is 30.4 Å². The Balaban J connectivity index is 1.89. The Labute approximate surface area is 170 Å². The molecule has 7 nitrogen and oxygen atoms in total. The van der Waals surface area contributed by atoms with Gasteiger partial charge >= 0.3 is 6.18 Å². The van der Waals surface area contributed by atoms with Crippen molar-refractivity contribution in [1.29, 1.82) is 5.26 Å². The van der Waals surface area contributed by atoms with Gasteiger partial charge in [-0.25, -0.2) is 18.4 Å². The van der Waals surface area contributed by atoms with Crippen molar-refractivity contribution in [3.8, 4) is 17.6 Å². The number of aromatic nitrogens is 4. The van der Waals surface area contributed by atoms with Crippen LogP contribution in [0.25, 0.3) is 22.7 Å². The van der Waals surface area contributed by atoms with Crippen LogP contribution < -0.4 is 0 Å². The minimum absolute atomic E-state index is 0.0645. The fraction of sp³-hybridized carbons (Fsp3) is 0.368. The number of imidazole rings is 1. The highest BCUT2D eigenvalue weighted by atomic mass is 32.2. The van der Waals surface area contributed by atoms with Gasteiger partial charge in [-0.2, -0.15) is 18.4 Å². The second kappa shape index (κ2) is 6.77. The molecule has 2 unspecified atom stereocenters. The molecule has 3 heterocycles. The van der Waals surface area contributed by atoms with Gasteiger partial charge in [-0.3, -0.25) is 4.98 Å². The van der Waals surface area contributed by atoms with Gasteiger partial charge in [-0.15, -0.1) is 0 Å². The van der Waals surface area contributed by atoms with Crippen molar-refractivity contribution >= 4 is 21.0 Å². The third-order valence-corrected chi connectivity index (χ3v) is 6.96. The predicted octanol–water partition coefficient (Wildman–Crippen LogP) is 3.47. The topological polar surface area (TPSA) is 102 Å². The molecule has 30 heavy (non-hydrogen) atoms. The maximum absolute atomic E-state index is 13.1. The average molecular weight is 435 g/mol. The van der Waals surface area contributed by atoms with Crippen molar-refractivity contribution in [3.05, 3.63) is 35.7 Å². The first-order chi connectivity index (χ1) is 14.1. The van der Waals surface area contributed by atoms with Crippen molar-refractivity contribution in [1.82, 2.24) is 19.5 Å². The van der Waals surface area contributed by atoms with E-state index in [0.29, 0.717) is 23.4 Å². The van der Waals surface area contributed by atoms with Gasteiger partial charge in [0.25, 0.3) is 0 Å². The molecular formula is C19H16F3N5O2S. The number of halogens is 3. The second-order valence-corrected chi connectivity index (χ2v) is 9.40. The summed E-state index contributed by atoms with van der Waals surface area (Å²) >= 11 is 0. The number of alkyl halides is 3. The maximum Gasteiger partial charge on any atom is 0.417 e. The summed E-state index contributed by atoms with van der Waals surface area (Å²) in [7, 11) is -2.42. The number of nitriles is 1. The van der Waals surface area contributed by atoms with E-state index in [2.05, 4.69) is 21.0 Å². The summed E-state index contributed by atoms with van der Waals surface area (Å²) in [6, 6.07) is 4.57. The first-order valence-electron chi connectivity index (χ1n) is 9.09. The molecular weight excluding hydrogens is 419 g/mol. The molecule has 0 spiro atoms. The minimum Gasteiger partial charge on any atom is -0.310 e. The quantitative estimate of drug-likeness (QED) is 0.622. The van der Waals surface area contributed by atoms with Crippen LogP contribution in [-0.2, 0) is 23.1 Å². The van der Waals surface area contributed by atoms with E-state index in [1.54, 1.807) is 19.3 Å². The van der Waals surface area contributed by atoms with Crippen LogP contribution >= 0.6 is 0 Å². The molecule has 3 aromatic heterocycles. The first kappa shape index (κ1) is 20.3. The Morgan fingerprint density at radius 3 is 2.60 bits per heavy atom. The van der Waals surface area contributed by atoms with E-state index in [1.165, 1.54) is 11.5 Å². The molecule has 0 aromatic carbocycles. The van der Waals surface area contributed by atoms with Crippen LogP contribution in [0.5, 0.6) is 0 Å². The van der Waals surface area contributed by atoms with Crippen LogP contribution in [0.2, 0.25) is 0 Å². The second-order valence-electron chi connectivity index (χ2n) is 7.16. The summed E-state index contributed by atoms with van der Waals surface area (Å²) in [5.74, 6) is -0.266. The van der Waals surface area contributed by atoms with Crippen LogP contribution in [0.3, 0.4) is 0 Å². The summed E-state index contributed by atoms with van der Waals surface area (Å²) in [5, 5.41) is 9.02. The van der Waals surface area contributed by atoms with Gasteiger partial charge < -0.3 is 4.57 Å². The van der Waals surface area contributed by atoms with Gasteiger partial charge in [0.05, 0.1) is 28.2 Å². The highest BCUT2D eigenvalue weighted by molar-refractivity contribution is 7.91. The fourth-order valence-electron chi connectivity index (χ4n) is 3.37. The van der Waals surface area contributed by atoms with Crippen LogP contribution in [0.4, 0.5) is 13.2 Å². The zero-order valence-corrected chi connectivity index (χ0v) is 16.8. The Morgan fingerprint density at radius 2 is 2.00 bits per heavy atom. The summed E-state index contributed by atoms with van der Waals surface area (Å²) in [6.45, 7) is 1.35. The third-order valence-electron chi connectivity index (χ3n) is 5.22. The van der Waals surface area contributed by atoms with Crippen LogP contribution in [0.15, 0.2) is 29.4 Å². The van der Waals surface area contributed by atoms with Gasteiger partial charge in [0.2, 0.25) is 0 Å². The molecule has 0 bridgehead atoms. The Hall–Kier alpha value is -3.00. The van der Waals surface area contributed by atoms with Gasteiger partial charge in [-0.1, -0.05) is 6.92 Å². The molecule has 1 aliphatic rings. The number of hydrogen-bond donors (Lipinski definition) is 0. The van der Waals surface area contributed by atoms with Gasteiger partial charge in [0.1, 0.15) is 11.2 Å². The largest absolute Gasteiger partial charge is 0.417 e. The molecule has 156 valence electrons. The number of rotatable bonds is 4. The van der Waals surface area contributed by atoms with Crippen LogP contribution in [-0.4, -0.2) is 33.7 Å². The van der Waals surface area contributed by atoms with Gasteiger partial charge in [-0.05, 0) is 24.1 Å². The van der Waals surface area contributed by atoms with Crippen molar-refractivity contribution in [3.63, 3.8) is 0 Å². The highest BCUT2D eigenvalue weighted by Crippen LogP contribution is 2.47. The lowest BCUT2D eigenvalue weighted by Crippen LogP contribution is -2.13. The Morgan fingerprint density at radius 1 is 1.27 bits per heavy atom. The van der Waals surface area contributed by atoms with Crippen molar-refractivity contribution in [2.24, 2.45) is 13.0 Å². The van der Waals surface area contributed by atoms with Crippen LogP contribution in [0, 0.1) is 17.2 Å². The molecule has 0 aliphatic heterocycles. The Bertz CT molecular complexity index is 1310. The fourth-order valence-corrected chi connectivity index (χ4v) is 4.43. The maximum atomic E-state index is 13.1. The molecule has 0 radical (unpaired) electrons. The molecule has 4 rings (SSSR count). The van der Waals surface area contributed by atoms with E-state index < -0.39 is 26.5 Å². The highest BCUT2D eigenvalue weighted by Gasteiger charge is 2.39. The molecule has 1 saturated carbocycles. The lowest BCUT2D eigenvalue weighted by atomic mass is 10.1. The van der Waals surface area contributed by atoms with E-state index >= 15 is 0 Å². The smallest absolute Gasteiger partial charge is 0.310 e. The Kier molecular flexibility index (Phi) is 4.58. The SMILES string of the molecule is CCS(=O)(=O)c1cc(C(F)(F)F)cnc1-c1nc2cc(C3CC3C#N)cnc2n1C. The van der Waals surface area contributed by atoms with Crippen molar-refractivity contribution < 1.29 is 21.6 Å². The molecule has 0 N–H and O–H groups in total. The molecule has 11 heteroatoms. The lowest BCUT2D eigenvalue weighted by Gasteiger charge is -2.12. The monoisotopic (exact) mass is 435 g/mol. The molecule has 1 fully saturated rings. The first-order valence-corrected chi connectivity index (χ1v) is 10.7. The van der Waals surface area contributed by atoms with Gasteiger partial charge in [0, 0.05) is 25.4 Å². The number of nitrogens with zero attached hydrogens (tertiary/aromatic N) is 5. The molecule has 0 amide bonds. The average Bonchev–Trinajstić information content (AvgIpc) is 3.43. The van der Waals surface area contributed by atoms with Crippen molar-refractivity contribution in [2.45, 2.75) is 30.3 Å². The number of sulfone groups is 1. The van der Waals surface area contributed by atoms with E-state index in [1.807, 2.05) is 0 Å². The summed E-state index contributed by atoms with van der Waals surface area (Å²) in [4.78, 5) is 12.1. The zero-order chi connectivity index (χ0) is 21.8. The van der Waals surface area contributed by atoms with Crippen molar-refractivity contribution in [2.75, 3.05) is 5.75 Å². The third kappa shape index (κ3) is 3.31.